The molecule has 0 aliphatic carbocycles. The van der Waals surface area contributed by atoms with E-state index in [4.69, 9.17) is 16.0 Å². The topological polar surface area (TPSA) is 30.2 Å². The summed E-state index contributed by atoms with van der Waals surface area (Å²) in [5.41, 5.74) is 0.555. The van der Waals surface area contributed by atoms with Gasteiger partial charge in [-0.25, -0.2) is 0 Å². The zero-order valence-corrected chi connectivity index (χ0v) is 13.9. The summed E-state index contributed by atoms with van der Waals surface area (Å²) in [6.07, 6.45) is 1.96. The van der Waals surface area contributed by atoms with E-state index in [1.54, 1.807) is 30.2 Å². The van der Waals surface area contributed by atoms with Gasteiger partial charge in [-0.15, -0.1) is 11.8 Å². The summed E-state index contributed by atoms with van der Waals surface area (Å²) in [5.74, 6) is 0.805. The van der Waals surface area contributed by atoms with Crippen LogP contribution in [-0.2, 0) is 0 Å². The lowest BCUT2D eigenvalue weighted by atomic mass is 10.1. The first-order valence-electron chi connectivity index (χ1n) is 7.27. The number of hydrogen-bond acceptors (Lipinski definition) is 3. The molecule has 0 amide bonds. The van der Waals surface area contributed by atoms with Crippen LogP contribution in [0.2, 0.25) is 5.02 Å². The Balaban J connectivity index is 1.82. The van der Waals surface area contributed by atoms with Crippen molar-refractivity contribution < 1.29 is 9.21 Å². The second kappa shape index (κ2) is 7.53. The number of carbonyl (C=O) groups excluding carboxylic acids is 1. The smallest absolute Gasteiger partial charge is 0.165 e. The lowest BCUT2D eigenvalue weighted by molar-refractivity contribution is 0.0980. The van der Waals surface area contributed by atoms with Crippen LogP contribution in [0, 0.1) is 0 Å². The highest BCUT2D eigenvalue weighted by atomic mass is 35.5. The third-order valence-corrected chi connectivity index (χ3v) is 4.98. The van der Waals surface area contributed by atoms with E-state index >= 15 is 0 Å². The van der Waals surface area contributed by atoms with Crippen molar-refractivity contribution in [3.05, 3.63) is 89.3 Å². The van der Waals surface area contributed by atoms with Gasteiger partial charge in [0.2, 0.25) is 0 Å². The maximum atomic E-state index is 12.6. The zero-order chi connectivity index (χ0) is 16.1. The first-order chi connectivity index (χ1) is 11.2. The standard InChI is InChI=1S/C19H15ClO2S/c20-16-10-5-4-9-15(16)17(21)13-19(18-11-6-12-22-18)23-14-7-2-1-3-8-14/h1-12,19H,13H2. The summed E-state index contributed by atoms with van der Waals surface area (Å²) < 4.78 is 5.53. The van der Waals surface area contributed by atoms with Crippen LogP contribution in [0.4, 0.5) is 0 Å². The molecule has 2 nitrogen and oxygen atoms in total. The Morgan fingerprint density at radius 2 is 1.74 bits per heavy atom. The molecule has 116 valence electrons. The molecule has 0 fully saturated rings. The molecule has 0 aliphatic heterocycles. The van der Waals surface area contributed by atoms with Crippen LogP contribution in [0.5, 0.6) is 0 Å². The number of furan rings is 1. The van der Waals surface area contributed by atoms with Crippen LogP contribution in [0.1, 0.15) is 27.8 Å². The number of ketones is 1. The van der Waals surface area contributed by atoms with Gasteiger partial charge < -0.3 is 4.42 Å². The van der Waals surface area contributed by atoms with E-state index in [2.05, 4.69) is 0 Å². The van der Waals surface area contributed by atoms with Crippen LogP contribution in [0.3, 0.4) is 0 Å². The van der Waals surface area contributed by atoms with E-state index in [1.165, 1.54) is 0 Å². The van der Waals surface area contributed by atoms with Crippen LogP contribution in [-0.4, -0.2) is 5.78 Å². The Kier molecular flexibility index (Phi) is 5.21. The molecule has 1 unspecified atom stereocenters. The summed E-state index contributed by atoms with van der Waals surface area (Å²) in [7, 11) is 0. The van der Waals surface area contributed by atoms with Crippen molar-refractivity contribution in [2.75, 3.05) is 0 Å². The first-order valence-corrected chi connectivity index (χ1v) is 8.52. The summed E-state index contributed by atoms with van der Waals surface area (Å²) in [5, 5.41) is 0.400. The van der Waals surface area contributed by atoms with Crippen molar-refractivity contribution in [2.24, 2.45) is 0 Å². The molecular weight excluding hydrogens is 328 g/mol. The van der Waals surface area contributed by atoms with Crippen LogP contribution < -0.4 is 0 Å². The molecule has 0 N–H and O–H groups in total. The number of rotatable bonds is 6. The monoisotopic (exact) mass is 342 g/mol. The number of halogens is 1. The number of Topliss-reactive ketones (excluding diaryl/α,β-unsaturated/α-hetero) is 1. The molecule has 0 saturated carbocycles. The molecule has 0 bridgehead atoms. The van der Waals surface area contributed by atoms with Crippen molar-refractivity contribution in [2.45, 2.75) is 16.6 Å². The molecule has 1 aromatic heterocycles. The summed E-state index contributed by atoms with van der Waals surface area (Å²) in [4.78, 5) is 13.7. The van der Waals surface area contributed by atoms with Gasteiger partial charge in [-0.2, -0.15) is 0 Å². The van der Waals surface area contributed by atoms with Gasteiger partial charge in [0.25, 0.3) is 0 Å². The van der Waals surface area contributed by atoms with Gasteiger partial charge in [0.05, 0.1) is 16.5 Å². The highest BCUT2D eigenvalue weighted by Crippen LogP contribution is 2.39. The maximum absolute atomic E-state index is 12.6. The van der Waals surface area contributed by atoms with Gasteiger partial charge in [0, 0.05) is 16.9 Å². The summed E-state index contributed by atoms with van der Waals surface area (Å²) >= 11 is 7.75. The predicted molar refractivity (Wildman–Crippen MR) is 94.1 cm³/mol. The Labute approximate surface area is 144 Å². The molecule has 0 saturated heterocycles. The minimum absolute atomic E-state index is 0.0143. The van der Waals surface area contributed by atoms with Crippen molar-refractivity contribution in [3.8, 4) is 0 Å². The normalized spacial score (nSPS) is 12.0. The van der Waals surface area contributed by atoms with E-state index in [0.717, 1.165) is 10.7 Å². The van der Waals surface area contributed by atoms with Crippen molar-refractivity contribution >= 4 is 29.1 Å². The molecule has 0 spiro atoms. The molecule has 3 aromatic rings. The van der Waals surface area contributed by atoms with Crippen molar-refractivity contribution in [1.29, 1.82) is 0 Å². The Morgan fingerprint density at radius 3 is 2.43 bits per heavy atom. The lowest BCUT2D eigenvalue weighted by Crippen LogP contribution is -2.05. The van der Waals surface area contributed by atoms with E-state index < -0.39 is 0 Å². The fraction of sp³-hybridized carbons (Fsp3) is 0.105. The minimum atomic E-state index is -0.0869. The zero-order valence-electron chi connectivity index (χ0n) is 12.3. The molecule has 4 heteroatoms. The number of hydrogen-bond donors (Lipinski definition) is 0. The number of thioether (sulfide) groups is 1. The fourth-order valence-corrected chi connectivity index (χ4v) is 3.67. The Bertz CT molecular complexity index is 769. The second-order valence-corrected chi connectivity index (χ2v) is 6.73. The molecule has 1 heterocycles. The van der Waals surface area contributed by atoms with Crippen LogP contribution in [0.25, 0.3) is 0 Å². The van der Waals surface area contributed by atoms with Gasteiger partial charge in [-0.3, -0.25) is 4.79 Å². The quantitative estimate of drug-likeness (QED) is 0.404. The SMILES string of the molecule is O=C(CC(Sc1ccccc1)c1ccco1)c1ccccc1Cl. The first kappa shape index (κ1) is 15.9. The largest absolute Gasteiger partial charge is 0.468 e. The number of benzene rings is 2. The average molecular weight is 343 g/mol. The van der Waals surface area contributed by atoms with Crippen LogP contribution >= 0.6 is 23.4 Å². The maximum Gasteiger partial charge on any atom is 0.165 e. The second-order valence-electron chi connectivity index (χ2n) is 5.04. The van der Waals surface area contributed by atoms with Gasteiger partial charge in [-0.1, -0.05) is 41.9 Å². The third-order valence-electron chi connectivity index (χ3n) is 3.43. The number of carbonyl (C=O) groups is 1. The van der Waals surface area contributed by atoms with E-state index in [9.17, 15) is 4.79 Å². The predicted octanol–water partition coefficient (Wildman–Crippen LogP) is 6.04. The van der Waals surface area contributed by atoms with Gasteiger partial charge in [0.1, 0.15) is 5.76 Å². The summed E-state index contributed by atoms with van der Waals surface area (Å²) in [6, 6.07) is 20.9. The molecule has 2 aromatic carbocycles. The lowest BCUT2D eigenvalue weighted by Gasteiger charge is -2.14. The fourth-order valence-electron chi connectivity index (χ4n) is 2.30. The van der Waals surface area contributed by atoms with Gasteiger partial charge >= 0.3 is 0 Å². The molecule has 0 radical (unpaired) electrons. The van der Waals surface area contributed by atoms with Gasteiger partial charge in [-0.05, 0) is 36.4 Å². The van der Waals surface area contributed by atoms with E-state index in [0.29, 0.717) is 17.0 Å². The van der Waals surface area contributed by atoms with Gasteiger partial charge in [0.15, 0.2) is 5.78 Å². The highest BCUT2D eigenvalue weighted by molar-refractivity contribution is 7.99. The van der Waals surface area contributed by atoms with E-state index in [-0.39, 0.29) is 11.0 Å². The van der Waals surface area contributed by atoms with Crippen LogP contribution in [0.15, 0.2) is 82.3 Å². The Hall–Kier alpha value is -1.97. The molecule has 1 atom stereocenters. The van der Waals surface area contributed by atoms with E-state index in [1.807, 2.05) is 54.6 Å². The average Bonchev–Trinajstić information content (AvgIpc) is 3.10. The minimum Gasteiger partial charge on any atom is -0.468 e. The molecular formula is C19H15ClO2S. The summed E-state index contributed by atoms with van der Waals surface area (Å²) in [6.45, 7) is 0. The highest BCUT2D eigenvalue weighted by Gasteiger charge is 2.22. The van der Waals surface area contributed by atoms with Crippen molar-refractivity contribution in [1.82, 2.24) is 0 Å². The Morgan fingerprint density at radius 1 is 1.00 bits per heavy atom. The third kappa shape index (κ3) is 4.06. The molecule has 3 rings (SSSR count). The molecule has 23 heavy (non-hydrogen) atoms. The molecule has 0 aliphatic rings. The van der Waals surface area contributed by atoms with Crippen molar-refractivity contribution in [3.63, 3.8) is 0 Å².